The molecule has 1 aromatic rings. The Hall–Kier alpha value is -1.20. The highest BCUT2D eigenvalue weighted by molar-refractivity contribution is 5.85. The molecule has 3 nitrogen and oxygen atoms in total. The lowest BCUT2D eigenvalue weighted by Gasteiger charge is -2.25. The fourth-order valence-electron chi connectivity index (χ4n) is 1.67. The predicted molar refractivity (Wildman–Crippen MR) is 73.3 cm³/mol. The molecule has 0 radical (unpaired) electrons. The Labute approximate surface area is 118 Å². The SMILES string of the molecule is CNCCC(=O)N(C)C(C)c1cc(F)ccc1F.Cl. The lowest BCUT2D eigenvalue weighted by molar-refractivity contribution is -0.131. The van der Waals surface area contributed by atoms with Crippen LogP contribution in [-0.4, -0.2) is 31.4 Å². The monoisotopic (exact) mass is 292 g/mol. The number of nitrogens with one attached hydrogen (secondary N) is 1. The number of halogens is 3. The van der Waals surface area contributed by atoms with E-state index in [1.165, 1.54) is 4.90 Å². The van der Waals surface area contributed by atoms with Gasteiger partial charge in [-0.2, -0.15) is 0 Å². The molecule has 0 saturated heterocycles. The number of amides is 1. The maximum atomic E-state index is 13.6. The average molecular weight is 293 g/mol. The van der Waals surface area contributed by atoms with Crippen LogP contribution in [0.2, 0.25) is 0 Å². The molecule has 0 aliphatic rings. The van der Waals surface area contributed by atoms with Crippen molar-refractivity contribution in [1.82, 2.24) is 10.2 Å². The van der Waals surface area contributed by atoms with Gasteiger partial charge in [0.2, 0.25) is 5.91 Å². The molecule has 0 spiro atoms. The zero-order valence-corrected chi connectivity index (χ0v) is 12.1. The molecule has 0 heterocycles. The molecular formula is C13H19ClF2N2O. The summed E-state index contributed by atoms with van der Waals surface area (Å²) in [6.07, 6.45) is 0.328. The number of hydrogen-bond donors (Lipinski definition) is 1. The molecule has 1 atom stereocenters. The van der Waals surface area contributed by atoms with Crippen LogP contribution >= 0.6 is 12.4 Å². The molecule has 0 aliphatic carbocycles. The van der Waals surface area contributed by atoms with Gasteiger partial charge in [-0.1, -0.05) is 0 Å². The van der Waals surface area contributed by atoms with Crippen LogP contribution in [0.4, 0.5) is 8.78 Å². The van der Waals surface area contributed by atoms with Crippen LogP contribution in [0.1, 0.15) is 24.9 Å². The molecule has 0 aromatic heterocycles. The quantitative estimate of drug-likeness (QED) is 0.904. The van der Waals surface area contributed by atoms with E-state index in [1.807, 2.05) is 0 Å². The lowest BCUT2D eigenvalue weighted by atomic mass is 10.1. The van der Waals surface area contributed by atoms with Gasteiger partial charge >= 0.3 is 0 Å². The fourth-order valence-corrected chi connectivity index (χ4v) is 1.67. The average Bonchev–Trinajstić information content (AvgIpc) is 2.37. The molecule has 1 rings (SSSR count). The van der Waals surface area contributed by atoms with Gasteiger partial charge in [-0.25, -0.2) is 8.78 Å². The van der Waals surface area contributed by atoms with E-state index in [1.54, 1.807) is 21.0 Å². The van der Waals surface area contributed by atoms with Crippen molar-refractivity contribution in [3.05, 3.63) is 35.4 Å². The smallest absolute Gasteiger partial charge is 0.224 e. The Morgan fingerprint density at radius 2 is 2.05 bits per heavy atom. The summed E-state index contributed by atoms with van der Waals surface area (Å²) >= 11 is 0. The van der Waals surface area contributed by atoms with Crippen LogP contribution in [0.15, 0.2) is 18.2 Å². The van der Waals surface area contributed by atoms with Crippen LogP contribution in [0.5, 0.6) is 0 Å². The van der Waals surface area contributed by atoms with Crippen molar-refractivity contribution < 1.29 is 13.6 Å². The highest BCUT2D eigenvalue weighted by Crippen LogP contribution is 2.23. The van der Waals surface area contributed by atoms with E-state index >= 15 is 0 Å². The van der Waals surface area contributed by atoms with E-state index < -0.39 is 17.7 Å². The topological polar surface area (TPSA) is 32.3 Å². The second kappa shape index (κ2) is 8.07. The number of carbonyl (C=O) groups excluding carboxylic acids is 1. The highest BCUT2D eigenvalue weighted by atomic mass is 35.5. The van der Waals surface area contributed by atoms with Crippen molar-refractivity contribution in [2.24, 2.45) is 0 Å². The number of nitrogens with zero attached hydrogens (tertiary/aromatic N) is 1. The first-order valence-electron chi connectivity index (χ1n) is 5.82. The predicted octanol–water partition coefficient (Wildman–Crippen LogP) is 2.52. The van der Waals surface area contributed by atoms with Crippen molar-refractivity contribution in [3.8, 4) is 0 Å². The third-order valence-corrected chi connectivity index (χ3v) is 2.97. The Morgan fingerprint density at radius 1 is 1.42 bits per heavy atom. The van der Waals surface area contributed by atoms with Gasteiger partial charge in [0.1, 0.15) is 11.6 Å². The summed E-state index contributed by atoms with van der Waals surface area (Å²) in [5.74, 6) is -1.12. The summed E-state index contributed by atoms with van der Waals surface area (Å²) < 4.78 is 26.7. The van der Waals surface area contributed by atoms with Crippen LogP contribution in [0.3, 0.4) is 0 Å². The van der Waals surface area contributed by atoms with E-state index in [0.29, 0.717) is 13.0 Å². The van der Waals surface area contributed by atoms with Gasteiger partial charge in [-0.15, -0.1) is 12.4 Å². The molecule has 0 saturated carbocycles. The summed E-state index contributed by atoms with van der Waals surface area (Å²) in [6, 6.07) is 2.77. The third-order valence-electron chi connectivity index (χ3n) is 2.97. The van der Waals surface area contributed by atoms with E-state index in [-0.39, 0.29) is 23.9 Å². The first-order valence-corrected chi connectivity index (χ1v) is 5.82. The minimum atomic E-state index is -0.505. The molecule has 108 valence electrons. The van der Waals surface area contributed by atoms with Crippen LogP contribution in [-0.2, 0) is 4.79 Å². The van der Waals surface area contributed by atoms with Crippen LogP contribution < -0.4 is 5.32 Å². The minimum absolute atomic E-state index is 0. The second-order valence-electron chi connectivity index (χ2n) is 4.20. The third kappa shape index (κ3) is 4.76. The van der Waals surface area contributed by atoms with E-state index in [9.17, 15) is 13.6 Å². The number of hydrogen-bond acceptors (Lipinski definition) is 2. The van der Waals surface area contributed by atoms with Gasteiger partial charge in [0.05, 0.1) is 6.04 Å². The van der Waals surface area contributed by atoms with Crippen molar-refractivity contribution in [2.75, 3.05) is 20.6 Å². The standard InChI is InChI=1S/C13H18F2N2O.ClH/c1-9(17(3)13(18)6-7-16-2)11-8-10(14)4-5-12(11)15;/h4-5,8-9,16H,6-7H2,1-3H3;1H. The zero-order valence-electron chi connectivity index (χ0n) is 11.2. The van der Waals surface area contributed by atoms with Crippen molar-refractivity contribution in [1.29, 1.82) is 0 Å². The molecule has 19 heavy (non-hydrogen) atoms. The van der Waals surface area contributed by atoms with Gasteiger partial charge in [-0.3, -0.25) is 4.79 Å². The zero-order chi connectivity index (χ0) is 13.7. The van der Waals surface area contributed by atoms with Gasteiger partial charge in [0.25, 0.3) is 0 Å². The summed E-state index contributed by atoms with van der Waals surface area (Å²) in [5, 5.41) is 2.87. The maximum absolute atomic E-state index is 13.6. The van der Waals surface area contributed by atoms with Gasteiger partial charge < -0.3 is 10.2 Å². The van der Waals surface area contributed by atoms with E-state index in [4.69, 9.17) is 0 Å². The fraction of sp³-hybridized carbons (Fsp3) is 0.462. The Morgan fingerprint density at radius 3 is 2.63 bits per heavy atom. The molecule has 6 heteroatoms. The van der Waals surface area contributed by atoms with Crippen molar-refractivity contribution in [3.63, 3.8) is 0 Å². The largest absolute Gasteiger partial charge is 0.339 e. The van der Waals surface area contributed by atoms with Crippen LogP contribution in [0, 0.1) is 11.6 Å². The molecular weight excluding hydrogens is 274 g/mol. The molecule has 1 unspecified atom stereocenters. The van der Waals surface area contributed by atoms with Crippen LogP contribution in [0.25, 0.3) is 0 Å². The van der Waals surface area contributed by atoms with E-state index in [2.05, 4.69) is 5.32 Å². The van der Waals surface area contributed by atoms with Gasteiger partial charge in [0, 0.05) is 25.6 Å². The summed E-state index contributed by atoms with van der Waals surface area (Å²) in [4.78, 5) is 13.2. The van der Waals surface area contributed by atoms with Crippen molar-refractivity contribution >= 4 is 18.3 Å². The van der Waals surface area contributed by atoms with Crippen molar-refractivity contribution in [2.45, 2.75) is 19.4 Å². The molecule has 0 bridgehead atoms. The maximum Gasteiger partial charge on any atom is 0.224 e. The molecule has 0 aliphatic heterocycles. The second-order valence-corrected chi connectivity index (χ2v) is 4.20. The first kappa shape index (κ1) is 17.8. The Kier molecular flexibility index (Phi) is 7.56. The lowest BCUT2D eigenvalue weighted by Crippen LogP contribution is -2.32. The Balaban J connectivity index is 0.00000324. The highest BCUT2D eigenvalue weighted by Gasteiger charge is 2.20. The minimum Gasteiger partial charge on any atom is -0.339 e. The molecule has 1 N–H and O–H groups in total. The summed E-state index contributed by atoms with van der Waals surface area (Å²) in [5.41, 5.74) is 0.190. The molecule has 1 aromatic carbocycles. The summed E-state index contributed by atoms with van der Waals surface area (Å²) in [7, 11) is 3.34. The first-order chi connectivity index (χ1) is 8.47. The van der Waals surface area contributed by atoms with Gasteiger partial charge in [-0.05, 0) is 32.2 Å². The normalized spacial score (nSPS) is 11.6. The molecule has 0 fully saturated rings. The van der Waals surface area contributed by atoms with E-state index in [0.717, 1.165) is 18.2 Å². The van der Waals surface area contributed by atoms with Gasteiger partial charge in [0.15, 0.2) is 0 Å². The molecule has 1 amide bonds. The number of rotatable bonds is 5. The number of benzene rings is 1. The Bertz CT molecular complexity index is 429. The summed E-state index contributed by atoms with van der Waals surface area (Å²) in [6.45, 7) is 2.23. The number of carbonyl (C=O) groups is 1.